The lowest BCUT2D eigenvalue weighted by atomic mass is 10.0. The summed E-state index contributed by atoms with van der Waals surface area (Å²) in [5.74, 6) is 4.99. The van der Waals surface area contributed by atoms with Gasteiger partial charge in [-0.15, -0.1) is 0 Å². The second kappa shape index (κ2) is 6.83. The van der Waals surface area contributed by atoms with Crippen LogP contribution in [0.3, 0.4) is 0 Å². The van der Waals surface area contributed by atoms with Crippen LogP contribution >= 0.6 is 10.5 Å². The van der Waals surface area contributed by atoms with Crippen LogP contribution in [0.4, 0.5) is 5.69 Å². The topological polar surface area (TPSA) is 78.8 Å². The minimum atomic E-state index is -0.161. The van der Waals surface area contributed by atoms with Crippen molar-refractivity contribution in [2.24, 2.45) is 4.99 Å². The summed E-state index contributed by atoms with van der Waals surface area (Å²) in [5, 5.41) is 17.9. The average molecular weight is 292 g/mol. The molecule has 20 heavy (non-hydrogen) atoms. The number of rotatable bonds is 5. The molecule has 1 unspecified atom stereocenters. The summed E-state index contributed by atoms with van der Waals surface area (Å²) >= 11 is 0. The standard InChI is InChI=1S/C15H20N2O2S/c1-20-10-12(17-6-8-19)9-14(20)13-4-2-3-11(5-7-18)15(13)16/h2-4,9,18-19H,1,5-8,10,16H2. The van der Waals surface area contributed by atoms with Crippen LogP contribution in [0.15, 0.2) is 29.3 Å². The first kappa shape index (κ1) is 15.0. The van der Waals surface area contributed by atoms with E-state index in [2.05, 4.69) is 10.9 Å². The summed E-state index contributed by atoms with van der Waals surface area (Å²) in [6, 6.07) is 5.88. The predicted molar refractivity (Wildman–Crippen MR) is 88.6 cm³/mol. The van der Waals surface area contributed by atoms with E-state index < -0.39 is 0 Å². The third-order valence-corrected chi connectivity index (χ3v) is 4.79. The Hall–Kier alpha value is -1.43. The number of hydrogen-bond donors (Lipinski definition) is 3. The Morgan fingerprint density at radius 3 is 2.80 bits per heavy atom. The maximum Gasteiger partial charge on any atom is 0.0627 e. The van der Waals surface area contributed by atoms with E-state index in [1.807, 2.05) is 24.3 Å². The second-order valence-corrected chi connectivity index (χ2v) is 6.31. The quantitative estimate of drug-likeness (QED) is 0.565. The summed E-state index contributed by atoms with van der Waals surface area (Å²) in [5.41, 5.74) is 9.84. The first-order valence-corrected chi connectivity index (χ1v) is 8.08. The molecule has 0 radical (unpaired) electrons. The van der Waals surface area contributed by atoms with Crippen molar-refractivity contribution < 1.29 is 10.2 Å². The number of aliphatic hydroxyl groups excluding tert-OH is 2. The highest BCUT2D eigenvalue weighted by Gasteiger charge is 2.18. The maximum absolute atomic E-state index is 9.07. The van der Waals surface area contributed by atoms with Gasteiger partial charge in [0.1, 0.15) is 0 Å². The summed E-state index contributed by atoms with van der Waals surface area (Å²) in [4.78, 5) is 5.44. The molecule has 4 nitrogen and oxygen atoms in total. The number of hydrogen-bond acceptors (Lipinski definition) is 4. The van der Waals surface area contributed by atoms with Gasteiger partial charge in [0, 0.05) is 34.2 Å². The Morgan fingerprint density at radius 1 is 1.30 bits per heavy atom. The highest BCUT2D eigenvalue weighted by Crippen LogP contribution is 2.41. The van der Waals surface area contributed by atoms with E-state index >= 15 is 0 Å². The van der Waals surface area contributed by atoms with Gasteiger partial charge in [0.05, 0.1) is 13.2 Å². The van der Waals surface area contributed by atoms with Crippen LogP contribution in [0.2, 0.25) is 0 Å². The maximum atomic E-state index is 9.07. The van der Waals surface area contributed by atoms with Crippen molar-refractivity contribution in [3.63, 3.8) is 0 Å². The molecule has 1 aliphatic heterocycles. The molecule has 2 rings (SSSR count). The van der Waals surface area contributed by atoms with Crippen molar-refractivity contribution in [1.82, 2.24) is 0 Å². The van der Waals surface area contributed by atoms with Gasteiger partial charge in [-0.1, -0.05) is 24.1 Å². The lowest BCUT2D eigenvalue weighted by molar-refractivity contribution is 0.300. The monoisotopic (exact) mass is 292 g/mol. The number of aliphatic hydroxyl groups is 2. The minimum Gasteiger partial charge on any atom is -0.398 e. The number of nitrogen functional groups attached to an aromatic ring is 1. The van der Waals surface area contributed by atoms with E-state index in [4.69, 9.17) is 15.9 Å². The van der Waals surface area contributed by atoms with Crippen LogP contribution in [-0.4, -0.2) is 47.3 Å². The van der Waals surface area contributed by atoms with Gasteiger partial charge in [0.2, 0.25) is 0 Å². The number of para-hydroxylation sites is 1. The van der Waals surface area contributed by atoms with E-state index in [-0.39, 0.29) is 23.7 Å². The lowest BCUT2D eigenvalue weighted by Gasteiger charge is -2.12. The average Bonchev–Trinajstić information content (AvgIpc) is 2.80. The summed E-state index contributed by atoms with van der Waals surface area (Å²) in [7, 11) is -0.161. The van der Waals surface area contributed by atoms with Crippen molar-refractivity contribution in [1.29, 1.82) is 0 Å². The highest BCUT2D eigenvalue weighted by atomic mass is 32.2. The second-order valence-electron chi connectivity index (χ2n) is 4.59. The van der Waals surface area contributed by atoms with Crippen molar-refractivity contribution in [3.05, 3.63) is 35.4 Å². The third kappa shape index (κ3) is 3.17. The van der Waals surface area contributed by atoms with Gasteiger partial charge >= 0.3 is 0 Å². The Labute approximate surface area is 121 Å². The molecule has 4 N–H and O–H groups in total. The minimum absolute atomic E-state index is 0.0612. The fourth-order valence-corrected chi connectivity index (χ4v) is 3.70. The fraction of sp³-hybridized carbons (Fsp3) is 0.333. The molecular weight excluding hydrogens is 272 g/mol. The van der Waals surface area contributed by atoms with Gasteiger partial charge in [-0.3, -0.25) is 4.99 Å². The van der Waals surface area contributed by atoms with E-state index in [0.717, 1.165) is 33.2 Å². The van der Waals surface area contributed by atoms with E-state index in [9.17, 15) is 0 Å². The number of nitrogens with two attached hydrogens (primary N) is 1. The molecule has 5 heteroatoms. The highest BCUT2D eigenvalue weighted by molar-refractivity contribution is 8.23. The first-order valence-electron chi connectivity index (χ1n) is 6.52. The fourth-order valence-electron chi connectivity index (χ4n) is 2.22. The molecule has 0 aliphatic carbocycles. The van der Waals surface area contributed by atoms with E-state index in [1.165, 1.54) is 0 Å². The Bertz CT molecular complexity index is 579. The molecule has 0 saturated heterocycles. The molecule has 0 amide bonds. The molecule has 0 spiro atoms. The predicted octanol–water partition coefficient (Wildman–Crippen LogP) is 1.29. The first-order chi connectivity index (χ1) is 9.67. The van der Waals surface area contributed by atoms with E-state index in [0.29, 0.717) is 13.0 Å². The summed E-state index contributed by atoms with van der Waals surface area (Å²) in [6.45, 7) is 0.577. The number of aliphatic imine (C=N–C) groups is 1. The van der Waals surface area contributed by atoms with E-state index in [1.54, 1.807) is 0 Å². The van der Waals surface area contributed by atoms with Crippen LogP contribution < -0.4 is 5.73 Å². The van der Waals surface area contributed by atoms with Crippen molar-refractivity contribution in [3.8, 4) is 0 Å². The van der Waals surface area contributed by atoms with Gasteiger partial charge in [0.15, 0.2) is 0 Å². The number of allylic oxidation sites excluding steroid dienone is 1. The molecule has 1 aromatic rings. The van der Waals surface area contributed by atoms with Crippen LogP contribution in [-0.2, 0) is 6.42 Å². The molecule has 0 saturated carbocycles. The summed E-state index contributed by atoms with van der Waals surface area (Å²) in [6.07, 6.45) is 2.59. The normalized spacial score (nSPS) is 20.4. The van der Waals surface area contributed by atoms with Gasteiger partial charge in [-0.25, -0.2) is 0 Å². The van der Waals surface area contributed by atoms with Gasteiger partial charge < -0.3 is 15.9 Å². The van der Waals surface area contributed by atoms with Crippen LogP contribution in [0.25, 0.3) is 4.91 Å². The summed E-state index contributed by atoms with van der Waals surface area (Å²) < 4.78 is 0. The van der Waals surface area contributed by atoms with Gasteiger partial charge in [0.25, 0.3) is 0 Å². The SMILES string of the molecule is C=S1CC(=NCCO)C=C1c1cccc(CCO)c1N. The molecule has 1 aromatic carbocycles. The molecule has 0 fully saturated rings. The van der Waals surface area contributed by atoms with Gasteiger partial charge in [-0.2, -0.15) is 10.5 Å². The molecule has 1 aliphatic rings. The molecule has 0 bridgehead atoms. The zero-order valence-corrected chi connectivity index (χ0v) is 12.2. The Kier molecular flexibility index (Phi) is 5.11. The molecule has 1 heterocycles. The largest absolute Gasteiger partial charge is 0.398 e. The molecule has 1 atom stereocenters. The number of anilines is 1. The third-order valence-electron chi connectivity index (χ3n) is 3.19. The Balaban J connectivity index is 2.36. The zero-order chi connectivity index (χ0) is 14.5. The van der Waals surface area contributed by atoms with Crippen LogP contribution in [0.5, 0.6) is 0 Å². The Morgan fingerprint density at radius 2 is 2.10 bits per heavy atom. The number of nitrogens with zero attached hydrogens (tertiary/aromatic N) is 1. The lowest BCUT2D eigenvalue weighted by Crippen LogP contribution is -2.00. The zero-order valence-electron chi connectivity index (χ0n) is 11.4. The molecular formula is C15H20N2O2S. The van der Waals surface area contributed by atoms with Crippen molar-refractivity contribution in [2.75, 3.05) is 31.2 Å². The molecule has 108 valence electrons. The van der Waals surface area contributed by atoms with Crippen LogP contribution in [0, 0.1) is 0 Å². The number of benzene rings is 1. The van der Waals surface area contributed by atoms with Gasteiger partial charge in [-0.05, 0) is 18.1 Å². The molecule has 0 aromatic heterocycles. The van der Waals surface area contributed by atoms with Crippen molar-refractivity contribution >= 4 is 32.7 Å². The smallest absolute Gasteiger partial charge is 0.0627 e. The van der Waals surface area contributed by atoms with Crippen LogP contribution in [0.1, 0.15) is 11.1 Å². The van der Waals surface area contributed by atoms with Crippen molar-refractivity contribution in [2.45, 2.75) is 6.42 Å².